The summed E-state index contributed by atoms with van der Waals surface area (Å²) in [6.45, 7) is 6.48. The van der Waals surface area contributed by atoms with Gasteiger partial charge in [0.1, 0.15) is 0 Å². The highest BCUT2D eigenvalue weighted by atomic mass is 16.2. The second-order valence-corrected chi connectivity index (χ2v) is 6.37. The predicted molar refractivity (Wildman–Crippen MR) is 68.1 cm³/mol. The third kappa shape index (κ3) is 1.36. The van der Waals surface area contributed by atoms with Gasteiger partial charge in [-0.2, -0.15) is 0 Å². The number of nitrogens with one attached hydrogen (secondary N) is 1. The average Bonchev–Trinajstić information content (AvgIpc) is 2.99. The molecule has 0 aromatic heterocycles. The van der Waals surface area contributed by atoms with Gasteiger partial charge in [0.15, 0.2) is 0 Å². The van der Waals surface area contributed by atoms with Crippen LogP contribution in [0.2, 0.25) is 0 Å². The molecule has 1 aliphatic carbocycles. The molecule has 0 spiro atoms. The first-order valence-electron chi connectivity index (χ1n) is 6.32. The summed E-state index contributed by atoms with van der Waals surface area (Å²) in [4.78, 5) is 23.4. The number of hydrogen-bond acceptors (Lipinski definition) is 2. The van der Waals surface area contributed by atoms with Crippen LogP contribution in [0, 0.1) is 5.92 Å². The van der Waals surface area contributed by atoms with Crippen molar-refractivity contribution in [2.45, 2.75) is 38.0 Å². The number of rotatable bonds is 1. The number of fused-ring (bicyclic) bond motifs is 1. The number of imide groups is 1. The highest BCUT2D eigenvalue weighted by molar-refractivity contribution is 6.15. The lowest BCUT2D eigenvalue weighted by molar-refractivity contribution is -0.127. The van der Waals surface area contributed by atoms with Crippen molar-refractivity contribution in [2.24, 2.45) is 5.92 Å². The summed E-state index contributed by atoms with van der Waals surface area (Å²) in [6.07, 6.45) is 0.673. The number of carbonyl (C=O) groups excluding carboxylic acids is 2. The standard InChI is InChI=1S/C15H17NO2/c1-14(2,3)9-4-6-10(7-5-9)15-8-11(15)12(17)16-13(15)18/h4-7,11H,8H2,1-3H3,(H,16,17,18)/t11-,15-/m0/s1. The SMILES string of the molecule is CC(C)(C)c1ccc([C@@]23C[C@H]2C(=O)NC3=O)cc1. The van der Waals surface area contributed by atoms with Crippen molar-refractivity contribution in [3.8, 4) is 0 Å². The van der Waals surface area contributed by atoms with Gasteiger partial charge in [-0.05, 0) is 23.0 Å². The normalized spacial score (nSPS) is 30.1. The van der Waals surface area contributed by atoms with Crippen molar-refractivity contribution in [2.75, 3.05) is 0 Å². The maximum atomic E-state index is 11.9. The zero-order valence-electron chi connectivity index (χ0n) is 10.9. The Morgan fingerprint density at radius 2 is 1.78 bits per heavy atom. The molecule has 3 rings (SSSR count). The Morgan fingerprint density at radius 3 is 2.17 bits per heavy atom. The molecule has 1 N–H and O–H groups in total. The third-order valence-electron chi connectivity index (χ3n) is 4.19. The van der Waals surface area contributed by atoms with Crippen LogP contribution in [0.3, 0.4) is 0 Å². The highest BCUT2D eigenvalue weighted by Gasteiger charge is 2.69. The summed E-state index contributed by atoms with van der Waals surface area (Å²) < 4.78 is 0. The van der Waals surface area contributed by atoms with E-state index in [-0.39, 0.29) is 23.1 Å². The van der Waals surface area contributed by atoms with Crippen LogP contribution in [0.15, 0.2) is 24.3 Å². The molecule has 3 nitrogen and oxygen atoms in total. The Balaban J connectivity index is 1.96. The molecule has 2 amide bonds. The number of amides is 2. The van der Waals surface area contributed by atoms with Gasteiger partial charge < -0.3 is 0 Å². The third-order valence-corrected chi connectivity index (χ3v) is 4.19. The Labute approximate surface area is 107 Å². The zero-order chi connectivity index (χ0) is 13.1. The maximum Gasteiger partial charge on any atom is 0.238 e. The van der Waals surface area contributed by atoms with Crippen molar-refractivity contribution in [1.29, 1.82) is 0 Å². The van der Waals surface area contributed by atoms with Gasteiger partial charge in [0.2, 0.25) is 11.8 Å². The van der Waals surface area contributed by atoms with E-state index in [1.165, 1.54) is 5.56 Å². The molecular formula is C15H17NO2. The van der Waals surface area contributed by atoms with Gasteiger partial charge in [0.25, 0.3) is 0 Å². The van der Waals surface area contributed by atoms with E-state index >= 15 is 0 Å². The van der Waals surface area contributed by atoms with Gasteiger partial charge in [-0.15, -0.1) is 0 Å². The molecule has 94 valence electrons. The van der Waals surface area contributed by atoms with E-state index in [4.69, 9.17) is 0 Å². The summed E-state index contributed by atoms with van der Waals surface area (Å²) >= 11 is 0. The molecule has 1 aromatic carbocycles. The minimum absolute atomic E-state index is 0.104. The monoisotopic (exact) mass is 243 g/mol. The lowest BCUT2D eigenvalue weighted by atomic mass is 9.84. The van der Waals surface area contributed by atoms with E-state index in [2.05, 4.69) is 38.2 Å². The van der Waals surface area contributed by atoms with Crippen LogP contribution in [-0.4, -0.2) is 11.8 Å². The fourth-order valence-electron chi connectivity index (χ4n) is 2.86. The zero-order valence-corrected chi connectivity index (χ0v) is 10.9. The fourth-order valence-corrected chi connectivity index (χ4v) is 2.86. The fraction of sp³-hybridized carbons (Fsp3) is 0.467. The first kappa shape index (κ1) is 11.5. The van der Waals surface area contributed by atoms with Crippen LogP contribution >= 0.6 is 0 Å². The van der Waals surface area contributed by atoms with Crippen LogP contribution in [0.25, 0.3) is 0 Å². The lowest BCUT2D eigenvalue weighted by Gasteiger charge is -2.20. The largest absolute Gasteiger partial charge is 0.295 e. The second kappa shape index (κ2) is 3.22. The molecule has 1 aromatic rings. The number of piperidine rings is 1. The highest BCUT2D eigenvalue weighted by Crippen LogP contribution is 2.57. The average molecular weight is 243 g/mol. The number of hydrogen-bond donors (Lipinski definition) is 1. The minimum atomic E-state index is -0.548. The molecule has 1 heterocycles. The Hall–Kier alpha value is -1.64. The molecule has 18 heavy (non-hydrogen) atoms. The second-order valence-electron chi connectivity index (χ2n) is 6.37. The van der Waals surface area contributed by atoms with Crippen LogP contribution in [0.1, 0.15) is 38.3 Å². The van der Waals surface area contributed by atoms with E-state index in [1.54, 1.807) is 0 Å². The molecule has 0 radical (unpaired) electrons. The minimum Gasteiger partial charge on any atom is -0.295 e. The Morgan fingerprint density at radius 1 is 1.17 bits per heavy atom. The first-order valence-corrected chi connectivity index (χ1v) is 6.32. The molecular weight excluding hydrogens is 226 g/mol. The van der Waals surface area contributed by atoms with Gasteiger partial charge >= 0.3 is 0 Å². The summed E-state index contributed by atoms with van der Waals surface area (Å²) in [6, 6.07) is 8.13. The van der Waals surface area contributed by atoms with Gasteiger partial charge in [0.05, 0.1) is 11.3 Å². The van der Waals surface area contributed by atoms with Crippen molar-refractivity contribution in [3.05, 3.63) is 35.4 Å². The van der Waals surface area contributed by atoms with E-state index in [0.29, 0.717) is 6.42 Å². The summed E-state index contributed by atoms with van der Waals surface area (Å²) in [5, 5.41) is 2.42. The van der Waals surface area contributed by atoms with Crippen molar-refractivity contribution < 1.29 is 9.59 Å². The number of carbonyl (C=O) groups is 2. The lowest BCUT2D eigenvalue weighted by Crippen LogP contribution is -2.30. The quantitative estimate of drug-likeness (QED) is 0.766. The van der Waals surface area contributed by atoms with Gasteiger partial charge in [0, 0.05) is 0 Å². The molecule has 3 heteroatoms. The molecule has 0 bridgehead atoms. The summed E-state index contributed by atoms with van der Waals surface area (Å²) in [5.41, 5.74) is 1.77. The van der Waals surface area contributed by atoms with Crippen LogP contribution in [0.5, 0.6) is 0 Å². The predicted octanol–water partition coefficient (Wildman–Crippen LogP) is 1.90. The first-order chi connectivity index (χ1) is 8.35. The van der Waals surface area contributed by atoms with Crippen LogP contribution in [0.4, 0.5) is 0 Å². The van der Waals surface area contributed by atoms with Crippen LogP contribution in [-0.2, 0) is 20.4 Å². The Bertz CT molecular complexity index is 539. The van der Waals surface area contributed by atoms with E-state index in [9.17, 15) is 9.59 Å². The van der Waals surface area contributed by atoms with Gasteiger partial charge in [-0.25, -0.2) is 0 Å². The van der Waals surface area contributed by atoms with Crippen LogP contribution < -0.4 is 5.32 Å². The Kier molecular flexibility index (Phi) is 2.05. The molecule has 1 aliphatic heterocycles. The molecule has 2 atom stereocenters. The van der Waals surface area contributed by atoms with E-state index in [1.807, 2.05) is 12.1 Å². The molecule has 2 fully saturated rings. The molecule has 2 aliphatic rings. The maximum absolute atomic E-state index is 11.9. The summed E-state index contributed by atoms with van der Waals surface area (Å²) in [5.74, 6) is -0.369. The topological polar surface area (TPSA) is 46.2 Å². The van der Waals surface area contributed by atoms with Crippen molar-refractivity contribution >= 4 is 11.8 Å². The smallest absolute Gasteiger partial charge is 0.238 e. The number of benzene rings is 1. The molecule has 1 saturated carbocycles. The van der Waals surface area contributed by atoms with E-state index < -0.39 is 5.41 Å². The molecule has 0 unspecified atom stereocenters. The van der Waals surface area contributed by atoms with E-state index in [0.717, 1.165) is 5.56 Å². The van der Waals surface area contributed by atoms with Gasteiger partial charge in [-0.1, -0.05) is 45.0 Å². The van der Waals surface area contributed by atoms with Crippen molar-refractivity contribution in [1.82, 2.24) is 5.32 Å². The summed E-state index contributed by atoms with van der Waals surface area (Å²) in [7, 11) is 0. The van der Waals surface area contributed by atoms with Gasteiger partial charge in [-0.3, -0.25) is 14.9 Å². The van der Waals surface area contributed by atoms with Crippen molar-refractivity contribution in [3.63, 3.8) is 0 Å². The molecule has 1 saturated heterocycles.